The number of unbranched alkanes of at least 4 members (excludes halogenated alkanes) is 1. The highest BCUT2D eigenvalue weighted by atomic mass is 16.5. The summed E-state index contributed by atoms with van der Waals surface area (Å²) < 4.78 is 13.8. The van der Waals surface area contributed by atoms with Crippen LogP contribution in [0.25, 0.3) is 11.0 Å². The van der Waals surface area contributed by atoms with Crippen LogP contribution in [0.1, 0.15) is 36.2 Å². The molecule has 1 aromatic heterocycles. The number of amides is 1. The van der Waals surface area contributed by atoms with E-state index in [0.717, 1.165) is 54.8 Å². The number of imidazole rings is 1. The molecule has 188 valence electrons. The molecule has 4 aromatic rings. The first kappa shape index (κ1) is 25.3. The van der Waals surface area contributed by atoms with Crippen LogP contribution in [-0.4, -0.2) is 35.2 Å². The molecule has 0 atom stereocenters. The predicted molar refractivity (Wildman–Crippen MR) is 144 cm³/mol. The fourth-order valence-electron chi connectivity index (χ4n) is 4.27. The number of hydrogen-bond acceptors (Lipinski definition) is 4. The zero-order valence-electron chi connectivity index (χ0n) is 21.2. The third-order valence-electron chi connectivity index (χ3n) is 6.11. The van der Waals surface area contributed by atoms with Crippen molar-refractivity contribution in [2.45, 2.75) is 46.1 Å². The van der Waals surface area contributed by atoms with Gasteiger partial charge in [0.2, 0.25) is 0 Å². The van der Waals surface area contributed by atoms with Gasteiger partial charge in [-0.2, -0.15) is 0 Å². The van der Waals surface area contributed by atoms with Crippen LogP contribution in [0.2, 0.25) is 0 Å². The Morgan fingerprint density at radius 1 is 0.917 bits per heavy atom. The van der Waals surface area contributed by atoms with Gasteiger partial charge in [0.1, 0.15) is 17.3 Å². The van der Waals surface area contributed by atoms with E-state index in [0.29, 0.717) is 18.9 Å². The third-order valence-corrected chi connectivity index (χ3v) is 6.11. The van der Waals surface area contributed by atoms with Gasteiger partial charge >= 0.3 is 0 Å². The summed E-state index contributed by atoms with van der Waals surface area (Å²) in [6.45, 7) is 6.38. The molecule has 36 heavy (non-hydrogen) atoms. The number of carbonyl (C=O) groups is 1. The van der Waals surface area contributed by atoms with Crippen molar-refractivity contribution in [3.05, 3.63) is 89.7 Å². The van der Waals surface area contributed by atoms with E-state index in [2.05, 4.69) is 60.1 Å². The molecule has 0 unspecified atom stereocenters. The van der Waals surface area contributed by atoms with Crippen LogP contribution in [0.15, 0.2) is 72.8 Å². The Bertz CT molecular complexity index is 1270. The first-order valence-electron chi connectivity index (χ1n) is 12.7. The molecule has 0 spiro atoms. The van der Waals surface area contributed by atoms with Crippen LogP contribution in [0.4, 0.5) is 0 Å². The van der Waals surface area contributed by atoms with Crippen molar-refractivity contribution in [1.82, 2.24) is 14.9 Å². The molecule has 6 nitrogen and oxygen atoms in total. The van der Waals surface area contributed by atoms with Crippen LogP contribution in [0.3, 0.4) is 0 Å². The van der Waals surface area contributed by atoms with E-state index in [1.54, 1.807) is 0 Å². The van der Waals surface area contributed by atoms with E-state index in [-0.39, 0.29) is 12.5 Å². The molecule has 0 saturated heterocycles. The number of aromatic nitrogens is 2. The number of rotatable bonds is 13. The number of fused-ring (bicyclic) bond motifs is 1. The van der Waals surface area contributed by atoms with Crippen molar-refractivity contribution in [2.75, 3.05) is 19.8 Å². The van der Waals surface area contributed by atoms with Crippen molar-refractivity contribution in [2.24, 2.45) is 0 Å². The lowest BCUT2D eigenvalue weighted by atomic mass is 10.1. The monoisotopic (exact) mass is 485 g/mol. The Kier molecular flexibility index (Phi) is 8.98. The van der Waals surface area contributed by atoms with Gasteiger partial charge in [0.05, 0.1) is 17.6 Å². The highest BCUT2D eigenvalue weighted by Gasteiger charge is 2.11. The average Bonchev–Trinajstić information content (AvgIpc) is 3.24. The summed E-state index contributed by atoms with van der Waals surface area (Å²) in [4.78, 5) is 17.0. The first-order valence-corrected chi connectivity index (χ1v) is 12.7. The molecule has 3 aromatic carbocycles. The van der Waals surface area contributed by atoms with Crippen LogP contribution >= 0.6 is 0 Å². The zero-order valence-corrected chi connectivity index (χ0v) is 21.2. The van der Waals surface area contributed by atoms with E-state index in [1.165, 1.54) is 11.1 Å². The van der Waals surface area contributed by atoms with Gasteiger partial charge in [0.25, 0.3) is 5.91 Å². The van der Waals surface area contributed by atoms with Gasteiger partial charge in [-0.3, -0.25) is 4.79 Å². The van der Waals surface area contributed by atoms with Crippen molar-refractivity contribution < 1.29 is 14.3 Å². The molecular formula is C30H35N3O3. The maximum Gasteiger partial charge on any atom is 0.257 e. The van der Waals surface area contributed by atoms with Crippen molar-refractivity contribution in [1.29, 1.82) is 0 Å². The standard InChI is InChI=1S/C30H35N3O3/c1-23-16-17-28(24(2)21-23)35-20-9-8-19-33-27-14-7-6-13-26(27)32-29(33)15-10-18-31-30(34)22-36-25-11-4-3-5-12-25/h3-7,11-14,16-17,21H,8-10,15,18-20,22H2,1-2H3,(H,31,34). The van der Waals surface area contributed by atoms with Gasteiger partial charge in [-0.15, -0.1) is 0 Å². The van der Waals surface area contributed by atoms with Gasteiger partial charge in [0.15, 0.2) is 6.61 Å². The van der Waals surface area contributed by atoms with E-state index in [9.17, 15) is 4.79 Å². The number of nitrogens with zero attached hydrogens (tertiary/aromatic N) is 2. The van der Waals surface area contributed by atoms with Gasteiger partial charge in [-0.05, 0) is 69.0 Å². The maximum atomic E-state index is 12.1. The number of ether oxygens (including phenoxy) is 2. The van der Waals surface area contributed by atoms with E-state index in [1.807, 2.05) is 36.4 Å². The molecule has 0 radical (unpaired) electrons. The SMILES string of the molecule is Cc1ccc(OCCCCn2c(CCCNC(=O)COc3ccccc3)nc3ccccc32)c(C)c1. The van der Waals surface area contributed by atoms with Gasteiger partial charge in [0, 0.05) is 19.5 Å². The summed E-state index contributed by atoms with van der Waals surface area (Å²) in [5.41, 5.74) is 4.60. The lowest BCUT2D eigenvalue weighted by Crippen LogP contribution is -2.30. The summed E-state index contributed by atoms with van der Waals surface area (Å²) in [5, 5.41) is 2.94. The Morgan fingerprint density at radius 3 is 2.56 bits per heavy atom. The molecule has 1 amide bonds. The molecule has 1 heterocycles. The number of carbonyl (C=O) groups excluding carboxylic acids is 1. The Balaban J connectivity index is 1.24. The minimum Gasteiger partial charge on any atom is -0.493 e. The van der Waals surface area contributed by atoms with Crippen molar-refractivity contribution >= 4 is 16.9 Å². The smallest absolute Gasteiger partial charge is 0.257 e. The van der Waals surface area contributed by atoms with E-state index in [4.69, 9.17) is 14.5 Å². The fraction of sp³-hybridized carbons (Fsp3) is 0.333. The summed E-state index contributed by atoms with van der Waals surface area (Å²) in [6, 6.07) is 23.9. The minimum atomic E-state index is -0.115. The molecule has 4 rings (SSSR count). The van der Waals surface area contributed by atoms with E-state index >= 15 is 0 Å². The molecule has 0 saturated carbocycles. The highest BCUT2D eigenvalue weighted by Crippen LogP contribution is 2.20. The predicted octanol–water partition coefficient (Wildman–Crippen LogP) is 5.64. The maximum absolute atomic E-state index is 12.1. The Hall–Kier alpha value is -3.80. The molecule has 1 N–H and O–H groups in total. The Labute approximate surface area is 213 Å². The summed E-state index contributed by atoms with van der Waals surface area (Å²) in [7, 11) is 0. The van der Waals surface area contributed by atoms with Crippen molar-refractivity contribution in [3.63, 3.8) is 0 Å². The number of hydrogen-bond donors (Lipinski definition) is 1. The van der Waals surface area contributed by atoms with Crippen LogP contribution in [0, 0.1) is 13.8 Å². The zero-order chi connectivity index (χ0) is 25.2. The largest absolute Gasteiger partial charge is 0.493 e. The average molecular weight is 486 g/mol. The third kappa shape index (κ3) is 7.11. The van der Waals surface area contributed by atoms with Gasteiger partial charge < -0.3 is 19.4 Å². The second kappa shape index (κ2) is 12.8. The minimum absolute atomic E-state index is 0.0205. The number of benzene rings is 3. The lowest BCUT2D eigenvalue weighted by molar-refractivity contribution is -0.123. The topological polar surface area (TPSA) is 65.4 Å². The normalized spacial score (nSPS) is 10.9. The van der Waals surface area contributed by atoms with Crippen LogP contribution in [-0.2, 0) is 17.8 Å². The highest BCUT2D eigenvalue weighted by molar-refractivity contribution is 5.77. The number of para-hydroxylation sites is 3. The molecule has 0 fully saturated rings. The van der Waals surface area contributed by atoms with Crippen molar-refractivity contribution in [3.8, 4) is 11.5 Å². The molecule has 0 aliphatic rings. The molecule has 0 aliphatic heterocycles. The molecule has 0 bridgehead atoms. The second-order valence-corrected chi connectivity index (χ2v) is 9.05. The number of aryl methyl sites for hydroxylation is 4. The van der Waals surface area contributed by atoms with Crippen LogP contribution < -0.4 is 14.8 Å². The van der Waals surface area contributed by atoms with Gasteiger partial charge in [-0.25, -0.2) is 4.98 Å². The number of nitrogens with one attached hydrogen (secondary N) is 1. The lowest BCUT2D eigenvalue weighted by Gasteiger charge is -2.12. The first-order chi connectivity index (χ1) is 17.6. The summed E-state index contributed by atoms with van der Waals surface area (Å²) in [6.07, 6.45) is 3.59. The fourth-order valence-corrected chi connectivity index (χ4v) is 4.27. The summed E-state index contributed by atoms with van der Waals surface area (Å²) >= 11 is 0. The quantitative estimate of drug-likeness (QED) is 0.249. The second-order valence-electron chi connectivity index (χ2n) is 9.05. The van der Waals surface area contributed by atoms with Gasteiger partial charge in [-0.1, -0.05) is 48.0 Å². The molecular weight excluding hydrogens is 450 g/mol. The molecule has 0 aliphatic carbocycles. The van der Waals surface area contributed by atoms with E-state index < -0.39 is 0 Å². The summed E-state index contributed by atoms with van der Waals surface area (Å²) in [5.74, 6) is 2.60. The molecule has 6 heteroatoms. The van der Waals surface area contributed by atoms with Crippen LogP contribution in [0.5, 0.6) is 11.5 Å². The Morgan fingerprint density at radius 2 is 1.72 bits per heavy atom.